The number of hydrogen-bond donors (Lipinski definition) is 1. The molecule has 1 unspecified atom stereocenters. The molecule has 0 bridgehead atoms. The van der Waals surface area contributed by atoms with Gasteiger partial charge in [-0.15, -0.1) is 0 Å². The molecule has 1 aromatic rings. The van der Waals surface area contributed by atoms with Crippen LogP contribution in [0.25, 0.3) is 0 Å². The zero-order valence-electron chi connectivity index (χ0n) is 10.6. The highest BCUT2D eigenvalue weighted by Gasteiger charge is 2.19. The average Bonchev–Trinajstić information content (AvgIpc) is 2.25. The summed E-state index contributed by atoms with van der Waals surface area (Å²) in [7, 11) is 0. The van der Waals surface area contributed by atoms with Gasteiger partial charge in [-0.2, -0.15) is 0 Å². The topological polar surface area (TPSA) is 46.5 Å². The third-order valence-corrected chi connectivity index (χ3v) is 2.64. The first-order chi connectivity index (χ1) is 8.00. The molecule has 0 aromatic heterocycles. The van der Waals surface area contributed by atoms with E-state index < -0.39 is 11.9 Å². The van der Waals surface area contributed by atoms with Gasteiger partial charge in [0.25, 0.3) is 0 Å². The summed E-state index contributed by atoms with van der Waals surface area (Å²) in [6.45, 7) is 6.35. The molecule has 3 heteroatoms. The van der Waals surface area contributed by atoms with Crippen LogP contribution in [0.5, 0.6) is 0 Å². The van der Waals surface area contributed by atoms with Crippen LogP contribution >= 0.6 is 0 Å². The normalized spacial score (nSPS) is 12.7. The van der Waals surface area contributed by atoms with E-state index in [1.165, 1.54) is 0 Å². The summed E-state index contributed by atoms with van der Waals surface area (Å²) in [5.41, 5.74) is 1.98. The van der Waals surface area contributed by atoms with Gasteiger partial charge in [0.1, 0.15) is 0 Å². The van der Waals surface area contributed by atoms with Gasteiger partial charge in [0.05, 0.1) is 12.0 Å². The molecule has 3 nitrogen and oxygen atoms in total. The number of benzene rings is 1. The summed E-state index contributed by atoms with van der Waals surface area (Å²) < 4.78 is 5.40. The molecular formula is C14H20O3. The number of aliphatic carboxylic acids is 1. The first kappa shape index (κ1) is 13.7. The summed E-state index contributed by atoms with van der Waals surface area (Å²) in [6.07, 6.45) is 0.652. The summed E-state index contributed by atoms with van der Waals surface area (Å²) in [5.74, 6) is -1.27. The Morgan fingerprint density at radius 3 is 2.35 bits per heavy atom. The van der Waals surface area contributed by atoms with Crippen molar-refractivity contribution in [3.63, 3.8) is 0 Å². The lowest BCUT2D eigenvalue weighted by Gasteiger charge is -2.14. The Morgan fingerprint density at radius 1 is 1.29 bits per heavy atom. The number of rotatable bonds is 6. The third-order valence-electron chi connectivity index (χ3n) is 2.64. The Bertz CT molecular complexity index is 354. The van der Waals surface area contributed by atoms with E-state index in [1.807, 2.05) is 45.0 Å². The lowest BCUT2D eigenvalue weighted by molar-refractivity contribution is -0.139. The Hall–Kier alpha value is -1.35. The molecule has 0 aliphatic carbocycles. The molecule has 1 aromatic carbocycles. The van der Waals surface area contributed by atoms with Gasteiger partial charge in [0.15, 0.2) is 0 Å². The molecule has 0 amide bonds. The van der Waals surface area contributed by atoms with Crippen molar-refractivity contribution >= 4 is 5.97 Å². The van der Waals surface area contributed by atoms with E-state index in [2.05, 4.69) is 0 Å². The SMILES string of the molecule is Cc1ccc(C(CCOC(C)C)C(=O)O)cc1. The second-order valence-electron chi connectivity index (χ2n) is 4.51. The minimum Gasteiger partial charge on any atom is -0.481 e. The largest absolute Gasteiger partial charge is 0.481 e. The first-order valence-electron chi connectivity index (χ1n) is 5.91. The molecule has 0 fully saturated rings. The summed E-state index contributed by atoms with van der Waals surface area (Å²) in [6, 6.07) is 7.64. The summed E-state index contributed by atoms with van der Waals surface area (Å²) in [4.78, 5) is 11.2. The van der Waals surface area contributed by atoms with E-state index in [0.717, 1.165) is 11.1 Å². The molecule has 0 radical (unpaired) electrons. The quantitative estimate of drug-likeness (QED) is 0.826. The molecule has 0 saturated heterocycles. The fourth-order valence-electron chi connectivity index (χ4n) is 1.65. The molecule has 94 valence electrons. The van der Waals surface area contributed by atoms with E-state index in [9.17, 15) is 9.90 Å². The van der Waals surface area contributed by atoms with Gasteiger partial charge < -0.3 is 9.84 Å². The van der Waals surface area contributed by atoms with E-state index in [1.54, 1.807) is 0 Å². The molecule has 0 aliphatic heterocycles. The molecule has 1 rings (SSSR count). The third kappa shape index (κ3) is 4.57. The van der Waals surface area contributed by atoms with Crippen molar-refractivity contribution in [1.82, 2.24) is 0 Å². The highest BCUT2D eigenvalue weighted by Crippen LogP contribution is 2.20. The van der Waals surface area contributed by atoms with Crippen LogP contribution in [-0.4, -0.2) is 23.8 Å². The number of carbonyl (C=O) groups is 1. The summed E-state index contributed by atoms with van der Waals surface area (Å²) >= 11 is 0. The van der Waals surface area contributed by atoms with Gasteiger partial charge >= 0.3 is 5.97 Å². The van der Waals surface area contributed by atoms with Crippen LogP contribution in [0.2, 0.25) is 0 Å². The van der Waals surface area contributed by atoms with Crippen molar-refractivity contribution < 1.29 is 14.6 Å². The maximum atomic E-state index is 11.2. The average molecular weight is 236 g/mol. The fraction of sp³-hybridized carbons (Fsp3) is 0.500. The van der Waals surface area contributed by atoms with Crippen molar-refractivity contribution in [3.05, 3.63) is 35.4 Å². The van der Waals surface area contributed by atoms with Crippen LogP contribution in [0.4, 0.5) is 0 Å². The van der Waals surface area contributed by atoms with Crippen molar-refractivity contribution in [2.75, 3.05) is 6.61 Å². The highest BCUT2D eigenvalue weighted by molar-refractivity contribution is 5.76. The smallest absolute Gasteiger partial charge is 0.311 e. The zero-order valence-corrected chi connectivity index (χ0v) is 10.6. The van der Waals surface area contributed by atoms with Gasteiger partial charge in [0.2, 0.25) is 0 Å². The lowest BCUT2D eigenvalue weighted by Crippen LogP contribution is -2.15. The number of hydrogen-bond acceptors (Lipinski definition) is 2. The van der Waals surface area contributed by atoms with Gasteiger partial charge in [-0.25, -0.2) is 0 Å². The van der Waals surface area contributed by atoms with Crippen molar-refractivity contribution in [1.29, 1.82) is 0 Å². The van der Waals surface area contributed by atoms with Crippen molar-refractivity contribution in [3.8, 4) is 0 Å². The van der Waals surface area contributed by atoms with Crippen LogP contribution in [0.3, 0.4) is 0 Å². The number of aryl methyl sites for hydroxylation is 1. The van der Waals surface area contributed by atoms with Crippen LogP contribution < -0.4 is 0 Å². The monoisotopic (exact) mass is 236 g/mol. The van der Waals surface area contributed by atoms with E-state index in [0.29, 0.717) is 13.0 Å². The summed E-state index contributed by atoms with van der Waals surface area (Å²) in [5, 5.41) is 9.21. The molecule has 1 N–H and O–H groups in total. The Balaban J connectivity index is 2.66. The Kier molecular flexibility index (Phi) is 5.16. The second-order valence-corrected chi connectivity index (χ2v) is 4.51. The lowest BCUT2D eigenvalue weighted by atomic mass is 9.95. The van der Waals surface area contributed by atoms with E-state index >= 15 is 0 Å². The number of ether oxygens (including phenoxy) is 1. The maximum Gasteiger partial charge on any atom is 0.311 e. The van der Waals surface area contributed by atoms with Crippen LogP contribution in [-0.2, 0) is 9.53 Å². The molecule has 1 atom stereocenters. The molecule has 0 saturated carbocycles. The van der Waals surface area contributed by atoms with Crippen LogP contribution in [0.1, 0.15) is 37.3 Å². The first-order valence-corrected chi connectivity index (χ1v) is 5.91. The van der Waals surface area contributed by atoms with E-state index in [4.69, 9.17) is 4.74 Å². The van der Waals surface area contributed by atoms with Crippen molar-refractivity contribution in [2.24, 2.45) is 0 Å². The van der Waals surface area contributed by atoms with Crippen LogP contribution in [0, 0.1) is 6.92 Å². The molecular weight excluding hydrogens is 216 g/mol. The maximum absolute atomic E-state index is 11.2. The molecule has 17 heavy (non-hydrogen) atoms. The standard InChI is InChI=1S/C14H20O3/c1-10(2)17-9-8-13(14(15)16)12-6-4-11(3)5-7-12/h4-7,10,13H,8-9H2,1-3H3,(H,15,16). The van der Waals surface area contributed by atoms with Gasteiger partial charge in [-0.3, -0.25) is 4.79 Å². The second kappa shape index (κ2) is 6.40. The Labute approximate surface area is 102 Å². The fourth-order valence-corrected chi connectivity index (χ4v) is 1.65. The predicted octanol–water partition coefficient (Wildman–Crippen LogP) is 2.98. The predicted molar refractivity (Wildman–Crippen MR) is 67.3 cm³/mol. The number of carboxylic acid groups (broad SMARTS) is 1. The molecule has 0 spiro atoms. The zero-order chi connectivity index (χ0) is 12.8. The van der Waals surface area contributed by atoms with Crippen molar-refractivity contribution in [2.45, 2.75) is 39.2 Å². The van der Waals surface area contributed by atoms with E-state index in [-0.39, 0.29) is 6.10 Å². The molecule has 0 heterocycles. The minimum atomic E-state index is -0.791. The molecule has 0 aliphatic rings. The van der Waals surface area contributed by atoms with Gasteiger partial charge in [-0.05, 0) is 32.8 Å². The minimum absolute atomic E-state index is 0.141. The Morgan fingerprint density at radius 2 is 1.88 bits per heavy atom. The highest BCUT2D eigenvalue weighted by atomic mass is 16.5. The van der Waals surface area contributed by atoms with Gasteiger partial charge in [-0.1, -0.05) is 29.8 Å². The number of carboxylic acids is 1. The van der Waals surface area contributed by atoms with Crippen LogP contribution in [0.15, 0.2) is 24.3 Å². The van der Waals surface area contributed by atoms with Gasteiger partial charge in [0, 0.05) is 6.61 Å².